The van der Waals surface area contributed by atoms with Gasteiger partial charge in [-0.1, -0.05) is 18.6 Å². The highest BCUT2D eigenvalue weighted by molar-refractivity contribution is 6.38. The van der Waals surface area contributed by atoms with Crippen LogP contribution in [0.2, 0.25) is 0 Å². The molecule has 2 aromatic carbocycles. The zero-order valence-electron chi connectivity index (χ0n) is 21.7. The van der Waals surface area contributed by atoms with Crippen LogP contribution in [0.25, 0.3) is 11.1 Å². The van der Waals surface area contributed by atoms with Gasteiger partial charge < -0.3 is 25.4 Å². The van der Waals surface area contributed by atoms with Crippen LogP contribution in [-0.2, 0) is 4.79 Å². The molecule has 198 valence electrons. The van der Waals surface area contributed by atoms with Crippen molar-refractivity contribution in [1.29, 1.82) is 0 Å². The second-order valence-corrected chi connectivity index (χ2v) is 10.6. The Labute approximate surface area is 223 Å². The molecule has 3 aliphatic rings. The monoisotopic (exact) mass is 514 g/mol. The average molecular weight is 515 g/mol. The number of carbonyl (C=O) groups is 1. The molecule has 2 saturated heterocycles. The lowest BCUT2D eigenvalue weighted by molar-refractivity contribution is -0.110. The molecule has 0 atom stereocenters. The predicted octanol–water partition coefficient (Wildman–Crippen LogP) is 4.82. The van der Waals surface area contributed by atoms with Crippen molar-refractivity contribution in [2.75, 3.05) is 49.9 Å². The number of imidazole rings is 1. The van der Waals surface area contributed by atoms with Crippen molar-refractivity contribution >= 4 is 28.4 Å². The number of anilines is 2. The quantitative estimate of drug-likeness (QED) is 0.394. The van der Waals surface area contributed by atoms with Gasteiger partial charge in [-0.25, -0.2) is 9.37 Å². The summed E-state index contributed by atoms with van der Waals surface area (Å²) in [5.41, 5.74) is 4.23. The number of benzene rings is 2. The number of nitrogens with zero attached hydrogens (tertiary/aromatic N) is 3. The molecule has 0 spiro atoms. The van der Waals surface area contributed by atoms with Crippen LogP contribution >= 0.6 is 0 Å². The summed E-state index contributed by atoms with van der Waals surface area (Å²) in [6.07, 6.45) is 9.61. The van der Waals surface area contributed by atoms with Crippen LogP contribution in [0, 0.1) is 5.82 Å². The van der Waals surface area contributed by atoms with Gasteiger partial charge in [-0.2, -0.15) is 0 Å². The van der Waals surface area contributed by atoms with Gasteiger partial charge in [-0.15, -0.1) is 0 Å². The fourth-order valence-corrected chi connectivity index (χ4v) is 5.95. The standard InChI is InChI=1S/C30H35FN6O/c31-22-6-4-5-21(19-22)27(29-32-11-12-33-29)28-25-20-24(7-8-26(25)35-30(28)38)34-23-9-15-37(16-10-23)18-17-36-13-2-1-3-14-36/h4-8,11-12,19-20,23,34H,1-3,9-10,13-18H2,(H,32,33)(H,35,38). The minimum absolute atomic E-state index is 0.213. The molecule has 4 heterocycles. The van der Waals surface area contributed by atoms with E-state index >= 15 is 0 Å². The van der Waals surface area contributed by atoms with Crippen LogP contribution in [0.1, 0.15) is 49.1 Å². The lowest BCUT2D eigenvalue weighted by Gasteiger charge is -2.35. The SMILES string of the molecule is O=C1Nc2ccc(NC3CCN(CCN4CCCCC4)CC3)cc2C1=C(c1cccc(F)c1)c1ncc[nH]1. The molecule has 0 bridgehead atoms. The third-order valence-electron chi connectivity index (χ3n) is 8.00. The van der Waals surface area contributed by atoms with E-state index in [2.05, 4.69) is 30.4 Å². The number of nitrogens with one attached hydrogen (secondary N) is 3. The zero-order valence-corrected chi connectivity index (χ0v) is 21.7. The highest BCUT2D eigenvalue weighted by atomic mass is 19.1. The van der Waals surface area contributed by atoms with E-state index in [0.717, 1.165) is 49.4 Å². The number of hydrogen-bond acceptors (Lipinski definition) is 5. The number of piperidine rings is 2. The first-order valence-corrected chi connectivity index (χ1v) is 13.8. The van der Waals surface area contributed by atoms with Crippen molar-refractivity contribution in [2.24, 2.45) is 0 Å². The Hall–Kier alpha value is -3.49. The average Bonchev–Trinajstić information content (AvgIpc) is 3.58. The fraction of sp³-hybridized carbons (Fsp3) is 0.400. The zero-order chi connectivity index (χ0) is 25.9. The molecule has 3 aromatic rings. The molecule has 0 saturated carbocycles. The minimum atomic E-state index is -0.358. The number of halogens is 1. The summed E-state index contributed by atoms with van der Waals surface area (Å²) < 4.78 is 14.2. The molecule has 1 amide bonds. The first kappa shape index (κ1) is 24.8. The maximum atomic E-state index is 14.2. The molecule has 0 radical (unpaired) electrons. The van der Waals surface area contributed by atoms with Gasteiger partial charge in [0.15, 0.2) is 0 Å². The molecular weight excluding hydrogens is 479 g/mol. The predicted molar refractivity (Wildman–Crippen MR) is 149 cm³/mol. The molecule has 3 aliphatic heterocycles. The second-order valence-electron chi connectivity index (χ2n) is 10.6. The van der Waals surface area contributed by atoms with Gasteiger partial charge in [0.1, 0.15) is 11.6 Å². The number of fused-ring (bicyclic) bond motifs is 1. The van der Waals surface area contributed by atoms with Gasteiger partial charge in [0, 0.05) is 67.1 Å². The van der Waals surface area contributed by atoms with Gasteiger partial charge in [0.2, 0.25) is 0 Å². The Morgan fingerprint density at radius 3 is 2.53 bits per heavy atom. The first-order valence-electron chi connectivity index (χ1n) is 13.8. The number of rotatable bonds is 7. The Morgan fingerprint density at radius 2 is 1.79 bits per heavy atom. The van der Waals surface area contributed by atoms with Crippen molar-refractivity contribution in [3.63, 3.8) is 0 Å². The molecular formula is C30H35FN6O. The third kappa shape index (κ3) is 5.37. The molecule has 2 fully saturated rings. The van der Waals surface area contributed by atoms with Crippen LogP contribution in [-0.4, -0.2) is 71.0 Å². The molecule has 6 rings (SSSR count). The Balaban J connectivity index is 1.19. The number of aromatic nitrogens is 2. The molecule has 8 heteroatoms. The van der Waals surface area contributed by atoms with Crippen molar-refractivity contribution in [3.05, 3.63) is 77.6 Å². The van der Waals surface area contributed by atoms with Crippen molar-refractivity contribution in [3.8, 4) is 0 Å². The summed E-state index contributed by atoms with van der Waals surface area (Å²) in [6, 6.07) is 12.7. The van der Waals surface area contributed by atoms with Gasteiger partial charge >= 0.3 is 0 Å². The highest BCUT2D eigenvalue weighted by Crippen LogP contribution is 2.40. The van der Waals surface area contributed by atoms with Crippen LogP contribution in [0.4, 0.5) is 15.8 Å². The van der Waals surface area contributed by atoms with Crippen molar-refractivity contribution in [1.82, 2.24) is 19.8 Å². The number of amides is 1. The van der Waals surface area contributed by atoms with E-state index in [1.54, 1.807) is 24.5 Å². The Kier molecular flexibility index (Phi) is 7.25. The summed E-state index contributed by atoms with van der Waals surface area (Å²) in [6.45, 7) is 7.05. The van der Waals surface area contributed by atoms with Gasteiger partial charge in [0.25, 0.3) is 5.91 Å². The van der Waals surface area contributed by atoms with Crippen molar-refractivity contribution in [2.45, 2.75) is 38.1 Å². The molecule has 7 nitrogen and oxygen atoms in total. The van der Waals surface area contributed by atoms with E-state index in [0.29, 0.717) is 28.6 Å². The number of carbonyl (C=O) groups excluding carboxylic acids is 1. The van der Waals surface area contributed by atoms with E-state index < -0.39 is 0 Å². The van der Waals surface area contributed by atoms with E-state index in [9.17, 15) is 9.18 Å². The molecule has 0 unspecified atom stereocenters. The van der Waals surface area contributed by atoms with Gasteiger partial charge in [-0.05, 0) is 74.7 Å². The summed E-state index contributed by atoms with van der Waals surface area (Å²) >= 11 is 0. The summed E-state index contributed by atoms with van der Waals surface area (Å²) in [5.74, 6) is -0.0396. The molecule has 3 N–H and O–H groups in total. The molecule has 38 heavy (non-hydrogen) atoms. The second kappa shape index (κ2) is 11.1. The lowest BCUT2D eigenvalue weighted by atomic mass is 9.94. The van der Waals surface area contributed by atoms with Gasteiger partial charge in [-0.3, -0.25) is 4.79 Å². The van der Waals surface area contributed by atoms with E-state index in [1.165, 1.54) is 51.0 Å². The largest absolute Gasteiger partial charge is 0.382 e. The lowest BCUT2D eigenvalue weighted by Crippen LogP contribution is -2.43. The highest BCUT2D eigenvalue weighted by Gasteiger charge is 2.30. The third-order valence-corrected chi connectivity index (χ3v) is 8.00. The maximum Gasteiger partial charge on any atom is 0.257 e. The topological polar surface area (TPSA) is 76.3 Å². The Morgan fingerprint density at radius 1 is 1.00 bits per heavy atom. The number of aromatic amines is 1. The van der Waals surface area contributed by atoms with Crippen molar-refractivity contribution < 1.29 is 9.18 Å². The van der Waals surface area contributed by atoms with Crippen LogP contribution in [0.15, 0.2) is 54.9 Å². The number of hydrogen-bond donors (Lipinski definition) is 3. The summed E-state index contributed by atoms with van der Waals surface area (Å²) in [5, 5.41) is 6.69. The van der Waals surface area contributed by atoms with E-state index in [1.807, 2.05) is 18.2 Å². The van der Waals surface area contributed by atoms with Gasteiger partial charge in [0.05, 0.1) is 5.57 Å². The Bertz CT molecular complexity index is 1310. The fourth-order valence-electron chi connectivity index (χ4n) is 5.95. The smallest absolute Gasteiger partial charge is 0.257 e. The normalized spacial score (nSPS) is 20.3. The number of likely N-dealkylation sites (tertiary alicyclic amines) is 2. The maximum absolute atomic E-state index is 14.2. The number of H-pyrrole nitrogens is 1. The molecule has 0 aliphatic carbocycles. The van der Waals surface area contributed by atoms with Crippen LogP contribution in [0.3, 0.4) is 0 Å². The summed E-state index contributed by atoms with van der Waals surface area (Å²) in [4.78, 5) is 25.9. The minimum Gasteiger partial charge on any atom is -0.382 e. The molecule has 1 aromatic heterocycles. The van der Waals surface area contributed by atoms with E-state index in [-0.39, 0.29) is 11.7 Å². The van der Waals surface area contributed by atoms with Crippen LogP contribution < -0.4 is 10.6 Å². The first-order chi connectivity index (χ1) is 18.6. The van der Waals surface area contributed by atoms with E-state index in [4.69, 9.17) is 0 Å². The summed E-state index contributed by atoms with van der Waals surface area (Å²) in [7, 11) is 0. The van der Waals surface area contributed by atoms with Crippen LogP contribution in [0.5, 0.6) is 0 Å².